The molecule has 0 saturated heterocycles. The molecule has 0 bridgehead atoms. The molecular formula is C12H21N3. The van der Waals surface area contributed by atoms with Gasteiger partial charge in [0.2, 0.25) is 0 Å². The molecule has 1 rings (SSSR count). The fourth-order valence-electron chi connectivity index (χ4n) is 1.57. The molecule has 1 aromatic carbocycles. The largest absolute Gasteiger partial charge is 0.330 e. The average Bonchev–Trinajstić information content (AvgIpc) is 2.28. The normalized spacial score (nSPS) is 14.9. The Labute approximate surface area is 91.6 Å². The van der Waals surface area contributed by atoms with Crippen LogP contribution in [0.5, 0.6) is 0 Å². The van der Waals surface area contributed by atoms with Crippen molar-refractivity contribution in [3.05, 3.63) is 35.4 Å². The van der Waals surface area contributed by atoms with E-state index in [2.05, 4.69) is 19.1 Å². The summed E-state index contributed by atoms with van der Waals surface area (Å²) in [6, 6.07) is 8.23. The summed E-state index contributed by atoms with van der Waals surface area (Å²) in [7, 11) is 0. The van der Waals surface area contributed by atoms with Crippen LogP contribution in [0.4, 0.5) is 0 Å². The van der Waals surface area contributed by atoms with Crippen molar-refractivity contribution in [1.82, 2.24) is 0 Å². The van der Waals surface area contributed by atoms with Crippen molar-refractivity contribution >= 4 is 0 Å². The van der Waals surface area contributed by atoms with Crippen LogP contribution in [0.3, 0.4) is 0 Å². The van der Waals surface area contributed by atoms with E-state index in [9.17, 15) is 0 Å². The van der Waals surface area contributed by atoms with Crippen molar-refractivity contribution in [2.24, 2.45) is 23.1 Å². The summed E-state index contributed by atoms with van der Waals surface area (Å²) in [5.41, 5.74) is 19.4. The molecule has 0 aromatic heterocycles. The maximum absolute atomic E-state index is 5.88. The van der Waals surface area contributed by atoms with Gasteiger partial charge in [0.15, 0.2) is 0 Å². The molecule has 0 fully saturated rings. The first-order valence-corrected chi connectivity index (χ1v) is 5.42. The van der Waals surface area contributed by atoms with Gasteiger partial charge in [-0.25, -0.2) is 0 Å². The van der Waals surface area contributed by atoms with E-state index in [1.54, 1.807) is 0 Å². The molecule has 0 aliphatic carbocycles. The Hall–Kier alpha value is -0.900. The molecule has 0 saturated carbocycles. The highest BCUT2D eigenvalue weighted by atomic mass is 14.7. The second-order valence-electron chi connectivity index (χ2n) is 4.13. The lowest BCUT2D eigenvalue weighted by Crippen LogP contribution is -2.21. The summed E-state index contributed by atoms with van der Waals surface area (Å²) >= 11 is 0. The lowest BCUT2D eigenvalue weighted by molar-refractivity contribution is 0.592. The van der Waals surface area contributed by atoms with Crippen LogP contribution in [-0.2, 0) is 6.42 Å². The van der Waals surface area contributed by atoms with E-state index in [1.165, 1.54) is 5.56 Å². The Kier molecular flexibility index (Phi) is 4.75. The predicted octanol–water partition coefficient (Wildman–Crippen LogP) is 0.782. The van der Waals surface area contributed by atoms with Gasteiger partial charge in [-0.3, -0.25) is 0 Å². The van der Waals surface area contributed by atoms with Gasteiger partial charge in [-0.15, -0.1) is 0 Å². The minimum absolute atomic E-state index is 0.0573. The Balaban J connectivity index is 2.74. The van der Waals surface area contributed by atoms with Crippen molar-refractivity contribution < 1.29 is 0 Å². The van der Waals surface area contributed by atoms with Crippen LogP contribution in [0.2, 0.25) is 0 Å². The molecule has 15 heavy (non-hydrogen) atoms. The first-order valence-electron chi connectivity index (χ1n) is 5.42. The highest BCUT2D eigenvalue weighted by Crippen LogP contribution is 2.14. The van der Waals surface area contributed by atoms with Gasteiger partial charge in [-0.2, -0.15) is 0 Å². The van der Waals surface area contributed by atoms with Crippen molar-refractivity contribution in [2.45, 2.75) is 19.4 Å². The van der Waals surface area contributed by atoms with E-state index in [0.717, 1.165) is 12.0 Å². The number of hydrogen-bond donors (Lipinski definition) is 3. The maximum Gasteiger partial charge on any atom is 0.0419 e. The lowest BCUT2D eigenvalue weighted by Gasteiger charge is -2.13. The van der Waals surface area contributed by atoms with E-state index in [-0.39, 0.29) is 6.04 Å². The van der Waals surface area contributed by atoms with Crippen LogP contribution < -0.4 is 17.2 Å². The van der Waals surface area contributed by atoms with Crippen LogP contribution in [-0.4, -0.2) is 13.1 Å². The van der Waals surface area contributed by atoms with Gasteiger partial charge in [0.05, 0.1) is 0 Å². The lowest BCUT2D eigenvalue weighted by atomic mass is 9.97. The van der Waals surface area contributed by atoms with Crippen LogP contribution >= 0.6 is 0 Å². The molecule has 6 N–H and O–H groups in total. The second-order valence-corrected chi connectivity index (χ2v) is 4.13. The third kappa shape index (κ3) is 3.63. The zero-order chi connectivity index (χ0) is 11.3. The summed E-state index contributed by atoms with van der Waals surface area (Å²) < 4.78 is 0. The third-order valence-electron chi connectivity index (χ3n) is 2.62. The molecule has 84 valence electrons. The van der Waals surface area contributed by atoms with Crippen LogP contribution in [0.15, 0.2) is 24.3 Å². The Morgan fingerprint density at radius 1 is 1.20 bits per heavy atom. The summed E-state index contributed by atoms with van der Waals surface area (Å²) in [6.45, 7) is 3.35. The Morgan fingerprint density at radius 2 is 1.93 bits per heavy atom. The van der Waals surface area contributed by atoms with Crippen LogP contribution in [0, 0.1) is 5.92 Å². The van der Waals surface area contributed by atoms with Gasteiger partial charge < -0.3 is 17.2 Å². The molecule has 0 amide bonds. The monoisotopic (exact) mass is 207 g/mol. The quantitative estimate of drug-likeness (QED) is 0.667. The predicted molar refractivity (Wildman–Crippen MR) is 64.3 cm³/mol. The van der Waals surface area contributed by atoms with E-state index >= 15 is 0 Å². The molecular weight excluding hydrogens is 186 g/mol. The van der Waals surface area contributed by atoms with E-state index < -0.39 is 0 Å². The summed E-state index contributed by atoms with van der Waals surface area (Å²) in [6.07, 6.45) is 1.00. The summed E-state index contributed by atoms with van der Waals surface area (Å²) in [5, 5.41) is 0. The van der Waals surface area contributed by atoms with Gasteiger partial charge in [-0.05, 0) is 30.0 Å². The standard InChI is InChI=1S/C12H21N3/c1-9(7-13)5-10-3-2-4-11(6-10)12(15)8-14/h2-4,6,9,12H,5,7-8,13-15H2,1H3. The van der Waals surface area contributed by atoms with E-state index in [1.807, 2.05) is 12.1 Å². The topological polar surface area (TPSA) is 78.1 Å². The zero-order valence-electron chi connectivity index (χ0n) is 9.32. The van der Waals surface area contributed by atoms with Gasteiger partial charge in [0, 0.05) is 12.6 Å². The fraction of sp³-hybridized carbons (Fsp3) is 0.500. The molecule has 3 heteroatoms. The molecule has 0 radical (unpaired) electrons. The molecule has 3 nitrogen and oxygen atoms in total. The molecule has 0 heterocycles. The van der Waals surface area contributed by atoms with Crippen LogP contribution in [0.25, 0.3) is 0 Å². The maximum atomic E-state index is 5.88. The van der Waals surface area contributed by atoms with Crippen molar-refractivity contribution in [3.63, 3.8) is 0 Å². The fourth-order valence-corrected chi connectivity index (χ4v) is 1.57. The van der Waals surface area contributed by atoms with Gasteiger partial charge in [-0.1, -0.05) is 31.2 Å². The molecule has 2 atom stereocenters. The first kappa shape index (κ1) is 12.2. The zero-order valence-corrected chi connectivity index (χ0v) is 9.32. The number of rotatable bonds is 5. The Bertz CT molecular complexity index is 299. The molecule has 0 aliphatic heterocycles. The highest BCUT2D eigenvalue weighted by Gasteiger charge is 2.06. The highest BCUT2D eigenvalue weighted by molar-refractivity contribution is 5.26. The summed E-state index contributed by atoms with van der Waals surface area (Å²) in [4.78, 5) is 0. The smallest absolute Gasteiger partial charge is 0.0419 e. The minimum Gasteiger partial charge on any atom is -0.330 e. The van der Waals surface area contributed by atoms with Gasteiger partial charge >= 0.3 is 0 Å². The summed E-state index contributed by atoms with van der Waals surface area (Å²) in [5.74, 6) is 0.509. The minimum atomic E-state index is -0.0573. The van der Waals surface area contributed by atoms with Gasteiger partial charge in [0.25, 0.3) is 0 Å². The van der Waals surface area contributed by atoms with E-state index in [0.29, 0.717) is 19.0 Å². The average molecular weight is 207 g/mol. The van der Waals surface area contributed by atoms with E-state index in [4.69, 9.17) is 17.2 Å². The molecule has 0 spiro atoms. The number of nitrogens with two attached hydrogens (primary N) is 3. The Morgan fingerprint density at radius 3 is 2.53 bits per heavy atom. The third-order valence-corrected chi connectivity index (χ3v) is 2.62. The molecule has 1 aromatic rings. The number of benzene rings is 1. The van der Waals surface area contributed by atoms with Crippen molar-refractivity contribution in [2.75, 3.05) is 13.1 Å². The number of hydrogen-bond acceptors (Lipinski definition) is 3. The molecule has 2 unspecified atom stereocenters. The second kappa shape index (κ2) is 5.85. The first-order chi connectivity index (χ1) is 7.17. The van der Waals surface area contributed by atoms with Crippen LogP contribution in [0.1, 0.15) is 24.1 Å². The SMILES string of the molecule is CC(CN)Cc1cccc(C(N)CN)c1. The molecule has 0 aliphatic rings. The van der Waals surface area contributed by atoms with Crippen molar-refractivity contribution in [1.29, 1.82) is 0 Å². The van der Waals surface area contributed by atoms with Crippen molar-refractivity contribution in [3.8, 4) is 0 Å². The van der Waals surface area contributed by atoms with Gasteiger partial charge in [0.1, 0.15) is 0 Å².